The van der Waals surface area contributed by atoms with Crippen LogP contribution in [-0.4, -0.2) is 37.4 Å². The van der Waals surface area contributed by atoms with Gasteiger partial charge in [0.1, 0.15) is 11.8 Å². The number of aromatic hydroxyl groups is 1. The smallest absolute Gasteiger partial charge is 0.327 e. The second kappa shape index (κ2) is 6.54. The van der Waals surface area contributed by atoms with E-state index in [-0.39, 0.29) is 17.8 Å². The molecule has 2 rings (SSSR count). The summed E-state index contributed by atoms with van der Waals surface area (Å²) in [7, 11) is 1.36. The highest BCUT2D eigenvalue weighted by Crippen LogP contribution is 2.19. The molecule has 5 heteroatoms. The number of nitrogens with one attached hydrogen (secondary N) is 1. The molecule has 0 radical (unpaired) electrons. The number of hydrogen-bond acceptors (Lipinski definition) is 5. The maximum atomic E-state index is 11.8. The van der Waals surface area contributed by atoms with Crippen LogP contribution in [0.5, 0.6) is 5.75 Å². The predicted octanol–water partition coefficient (Wildman–Crippen LogP) is 1.37. The third-order valence-electron chi connectivity index (χ3n) is 3.24. The Bertz CT molecular complexity index is 412. The minimum Gasteiger partial charge on any atom is -0.508 e. The van der Waals surface area contributed by atoms with E-state index in [1.54, 1.807) is 24.3 Å². The summed E-state index contributed by atoms with van der Waals surface area (Å²) in [6.07, 6.45) is 2.23. The van der Waals surface area contributed by atoms with E-state index in [2.05, 4.69) is 5.32 Å². The standard InChI is InChI=1S/C14H19NO4/c1-18-14(17)13(10-4-6-11(16)7-5-10)15-9-12-3-2-8-19-12/h4-7,12-13,15-16H,2-3,8-9H2,1H3. The number of esters is 1. The molecular weight excluding hydrogens is 246 g/mol. The molecule has 104 valence electrons. The van der Waals surface area contributed by atoms with Crippen molar-refractivity contribution < 1.29 is 19.4 Å². The van der Waals surface area contributed by atoms with Crippen molar-refractivity contribution in [2.45, 2.75) is 25.0 Å². The van der Waals surface area contributed by atoms with Crippen molar-refractivity contribution in [3.8, 4) is 5.75 Å². The van der Waals surface area contributed by atoms with Crippen LogP contribution in [0.25, 0.3) is 0 Å². The number of hydrogen-bond donors (Lipinski definition) is 2. The third kappa shape index (κ3) is 3.68. The van der Waals surface area contributed by atoms with Crippen molar-refractivity contribution in [3.63, 3.8) is 0 Å². The van der Waals surface area contributed by atoms with Crippen LogP contribution in [-0.2, 0) is 14.3 Å². The third-order valence-corrected chi connectivity index (χ3v) is 3.24. The molecule has 1 aromatic carbocycles. The summed E-state index contributed by atoms with van der Waals surface area (Å²) >= 11 is 0. The van der Waals surface area contributed by atoms with Gasteiger partial charge in [0.25, 0.3) is 0 Å². The average Bonchev–Trinajstić information content (AvgIpc) is 2.93. The molecule has 0 saturated carbocycles. The van der Waals surface area contributed by atoms with Crippen LogP contribution in [0.2, 0.25) is 0 Å². The summed E-state index contributed by atoms with van der Waals surface area (Å²) in [5.74, 6) is -0.171. The molecule has 1 saturated heterocycles. The first-order valence-corrected chi connectivity index (χ1v) is 6.42. The first kappa shape index (κ1) is 13.8. The largest absolute Gasteiger partial charge is 0.508 e. The molecule has 1 aromatic rings. The lowest BCUT2D eigenvalue weighted by molar-refractivity contribution is -0.143. The van der Waals surface area contributed by atoms with Gasteiger partial charge in [0, 0.05) is 13.2 Å². The number of carbonyl (C=O) groups excluding carboxylic acids is 1. The minimum atomic E-state index is -0.533. The molecule has 19 heavy (non-hydrogen) atoms. The lowest BCUT2D eigenvalue weighted by atomic mass is 10.1. The highest BCUT2D eigenvalue weighted by atomic mass is 16.5. The predicted molar refractivity (Wildman–Crippen MR) is 69.8 cm³/mol. The average molecular weight is 265 g/mol. The van der Waals surface area contributed by atoms with Gasteiger partial charge in [0.2, 0.25) is 0 Å². The van der Waals surface area contributed by atoms with Gasteiger partial charge >= 0.3 is 5.97 Å². The topological polar surface area (TPSA) is 67.8 Å². The SMILES string of the molecule is COC(=O)C(NCC1CCCO1)c1ccc(O)cc1. The zero-order chi connectivity index (χ0) is 13.7. The Kier molecular flexibility index (Phi) is 4.76. The Labute approximate surface area is 112 Å². The molecule has 1 aliphatic rings. The quantitative estimate of drug-likeness (QED) is 0.787. The molecule has 1 aliphatic heterocycles. The van der Waals surface area contributed by atoms with Crippen molar-refractivity contribution in [2.75, 3.05) is 20.3 Å². The van der Waals surface area contributed by atoms with Crippen LogP contribution in [0.1, 0.15) is 24.4 Å². The molecule has 1 heterocycles. The fourth-order valence-electron chi connectivity index (χ4n) is 2.18. The molecule has 1 fully saturated rings. The number of phenolic OH excluding ortho intramolecular Hbond substituents is 1. The van der Waals surface area contributed by atoms with Crippen molar-refractivity contribution in [1.82, 2.24) is 5.32 Å². The van der Waals surface area contributed by atoms with E-state index in [1.165, 1.54) is 7.11 Å². The zero-order valence-electron chi connectivity index (χ0n) is 11.0. The first-order chi connectivity index (χ1) is 9.20. The van der Waals surface area contributed by atoms with E-state index in [0.717, 1.165) is 25.0 Å². The van der Waals surface area contributed by atoms with Gasteiger partial charge in [-0.1, -0.05) is 12.1 Å². The second-order valence-electron chi connectivity index (χ2n) is 4.59. The van der Waals surface area contributed by atoms with Gasteiger partial charge in [-0.05, 0) is 30.5 Å². The van der Waals surface area contributed by atoms with Gasteiger partial charge in [-0.15, -0.1) is 0 Å². The Balaban J connectivity index is 2.02. The van der Waals surface area contributed by atoms with E-state index in [9.17, 15) is 9.90 Å². The molecule has 2 unspecified atom stereocenters. The summed E-state index contributed by atoms with van der Waals surface area (Å²) in [4.78, 5) is 11.8. The first-order valence-electron chi connectivity index (χ1n) is 6.42. The van der Waals surface area contributed by atoms with Crippen LogP contribution < -0.4 is 5.32 Å². The Morgan fingerprint density at radius 2 is 2.26 bits per heavy atom. The molecule has 0 spiro atoms. The fraction of sp³-hybridized carbons (Fsp3) is 0.500. The summed E-state index contributed by atoms with van der Waals surface area (Å²) in [6.45, 7) is 1.40. The monoisotopic (exact) mass is 265 g/mol. The maximum Gasteiger partial charge on any atom is 0.327 e. The number of phenols is 1. The fourth-order valence-corrected chi connectivity index (χ4v) is 2.18. The molecule has 0 bridgehead atoms. The van der Waals surface area contributed by atoms with Crippen LogP contribution in [0.15, 0.2) is 24.3 Å². The lowest BCUT2D eigenvalue weighted by Gasteiger charge is -2.19. The van der Waals surface area contributed by atoms with Gasteiger partial charge in [-0.2, -0.15) is 0 Å². The Morgan fingerprint density at radius 3 is 2.84 bits per heavy atom. The molecule has 0 aliphatic carbocycles. The summed E-state index contributed by atoms with van der Waals surface area (Å²) in [5.41, 5.74) is 0.766. The van der Waals surface area contributed by atoms with Crippen molar-refractivity contribution in [1.29, 1.82) is 0 Å². The highest BCUT2D eigenvalue weighted by molar-refractivity contribution is 5.77. The van der Waals surface area contributed by atoms with E-state index in [0.29, 0.717) is 6.54 Å². The molecule has 5 nitrogen and oxygen atoms in total. The van der Waals surface area contributed by atoms with Gasteiger partial charge in [-0.3, -0.25) is 5.32 Å². The number of carbonyl (C=O) groups is 1. The number of rotatable bonds is 5. The van der Waals surface area contributed by atoms with Gasteiger partial charge in [0.15, 0.2) is 0 Å². The van der Waals surface area contributed by atoms with Gasteiger partial charge in [0.05, 0.1) is 13.2 Å². The van der Waals surface area contributed by atoms with E-state index < -0.39 is 6.04 Å². The lowest BCUT2D eigenvalue weighted by Crippen LogP contribution is -2.35. The van der Waals surface area contributed by atoms with Crippen LogP contribution in [0.3, 0.4) is 0 Å². The maximum absolute atomic E-state index is 11.8. The van der Waals surface area contributed by atoms with E-state index >= 15 is 0 Å². The molecule has 2 atom stereocenters. The summed E-state index contributed by atoms with van der Waals surface area (Å²) in [6, 6.07) is 5.99. The summed E-state index contributed by atoms with van der Waals surface area (Å²) in [5, 5.41) is 12.4. The molecule has 0 aromatic heterocycles. The summed E-state index contributed by atoms with van der Waals surface area (Å²) < 4.78 is 10.3. The number of benzene rings is 1. The van der Waals surface area contributed by atoms with Crippen molar-refractivity contribution in [3.05, 3.63) is 29.8 Å². The van der Waals surface area contributed by atoms with Gasteiger partial charge in [-0.25, -0.2) is 4.79 Å². The Hall–Kier alpha value is -1.59. The molecule has 2 N–H and O–H groups in total. The number of methoxy groups -OCH3 is 1. The zero-order valence-corrected chi connectivity index (χ0v) is 11.0. The number of ether oxygens (including phenoxy) is 2. The highest BCUT2D eigenvalue weighted by Gasteiger charge is 2.23. The van der Waals surface area contributed by atoms with E-state index in [4.69, 9.17) is 9.47 Å². The Morgan fingerprint density at radius 1 is 1.53 bits per heavy atom. The van der Waals surface area contributed by atoms with Gasteiger partial charge < -0.3 is 14.6 Å². The molecule has 0 amide bonds. The normalized spacial score (nSPS) is 20.2. The molecular formula is C14H19NO4. The van der Waals surface area contributed by atoms with E-state index in [1.807, 2.05) is 0 Å². The van der Waals surface area contributed by atoms with Crippen LogP contribution in [0.4, 0.5) is 0 Å². The van der Waals surface area contributed by atoms with Crippen molar-refractivity contribution in [2.24, 2.45) is 0 Å². The minimum absolute atomic E-state index is 0.157. The van der Waals surface area contributed by atoms with Crippen LogP contribution in [0, 0.1) is 0 Å². The van der Waals surface area contributed by atoms with Crippen LogP contribution >= 0.6 is 0 Å². The second-order valence-corrected chi connectivity index (χ2v) is 4.59. The van der Waals surface area contributed by atoms with Crippen molar-refractivity contribution >= 4 is 5.97 Å².